The summed E-state index contributed by atoms with van der Waals surface area (Å²) in [6.45, 7) is 5.34. The molecule has 1 aromatic rings. The third-order valence-electron chi connectivity index (χ3n) is 6.77. The lowest BCUT2D eigenvalue weighted by molar-refractivity contribution is -0.134. The molecule has 1 unspecified atom stereocenters. The summed E-state index contributed by atoms with van der Waals surface area (Å²) in [6, 6.07) is 2.67. The van der Waals surface area contributed by atoms with E-state index in [9.17, 15) is 4.79 Å². The van der Waals surface area contributed by atoms with E-state index < -0.39 is 0 Å². The van der Waals surface area contributed by atoms with Crippen LogP contribution in [0.4, 0.5) is 0 Å². The average molecular weight is 346 g/mol. The highest BCUT2D eigenvalue weighted by Crippen LogP contribution is 2.47. The number of hydrogen-bond donors (Lipinski definition) is 0. The maximum absolute atomic E-state index is 12.5. The van der Waals surface area contributed by atoms with E-state index in [1.54, 1.807) is 10.9 Å². The number of aromatic nitrogens is 2. The summed E-state index contributed by atoms with van der Waals surface area (Å²) >= 11 is 0. The van der Waals surface area contributed by atoms with E-state index in [1.165, 1.54) is 32.4 Å². The van der Waals surface area contributed by atoms with E-state index in [-0.39, 0.29) is 5.91 Å². The van der Waals surface area contributed by atoms with Crippen molar-refractivity contribution in [2.24, 2.45) is 11.3 Å². The molecule has 6 heteroatoms. The van der Waals surface area contributed by atoms with Crippen molar-refractivity contribution in [2.45, 2.75) is 44.7 Å². The van der Waals surface area contributed by atoms with Crippen LogP contribution in [-0.2, 0) is 16.1 Å². The largest absolute Gasteiger partial charge is 0.384 e. The number of ether oxygens (including phenoxy) is 1. The van der Waals surface area contributed by atoms with Crippen LogP contribution >= 0.6 is 0 Å². The lowest BCUT2D eigenvalue weighted by atomic mass is 9.71. The van der Waals surface area contributed by atoms with Crippen LogP contribution in [0.25, 0.3) is 0 Å². The number of likely N-dealkylation sites (tertiary alicyclic amines) is 2. The first kappa shape index (κ1) is 17.0. The Morgan fingerprint density at radius 2 is 2.12 bits per heavy atom. The molecular weight excluding hydrogens is 316 g/mol. The molecule has 2 saturated heterocycles. The quantitative estimate of drug-likeness (QED) is 0.813. The summed E-state index contributed by atoms with van der Waals surface area (Å²) in [5.41, 5.74) is 0.341. The van der Waals surface area contributed by atoms with E-state index in [0.717, 1.165) is 38.6 Å². The van der Waals surface area contributed by atoms with E-state index >= 15 is 0 Å². The number of hydrogen-bond acceptors (Lipinski definition) is 4. The van der Waals surface area contributed by atoms with Gasteiger partial charge >= 0.3 is 0 Å². The Bertz CT molecular complexity index is 576. The molecule has 3 heterocycles. The summed E-state index contributed by atoms with van der Waals surface area (Å²) in [5.74, 6) is 0.803. The van der Waals surface area contributed by atoms with E-state index in [2.05, 4.69) is 10.00 Å². The number of nitrogens with zero attached hydrogens (tertiary/aromatic N) is 4. The minimum atomic E-state index is 0.190. The number of carbonyl (C=O) groups excluding carboxylic acids is 1. The van der Waals surface area contributed by atoms with Crippen molar-refractivity contribution in [1.82, 2.24) is 19.6 Å². The van der Waals surface area contributed by atoms with Crippen molar-refractivity contribution in [3.63, 3.8) is 0 Å². The van der Waals surface area contributed by atoms with Gasteiger partial charge < -0.3 is 9.64 Å². The second-order valence-corrected chi connectivity index (χ2v) is 8.11. The first-order chi connectivity index (χ1) is 12.2. The monoisotopic (exact) mass is 346 g/mol. The molecule has 1 aromatic heterocycles. The first-order valence-corrected chi connectivity index (χ1v) is 9.68. The molecule has 0 bridgehead atoms. The van der Waals surface area contributed by atoms with Gasteiger partial charge in [0.2, 0.25) is 5.91 Å². The molecule has 25 heavy (non-hydrogen) atoms. The molecule has 0 radical (unpaired) electrons. The number of rotatable bonds is 5. The Kier molecular flexibility index (Phi) is 4.82. The van der Waals surface area contributed by atoms with Gasteiger partial charge in [0.05, 0.1) is 6.61 Å². The van der Waals surface area contributed by atoms with Gasteiger partial charge in [-0.05, 0) is 37.2 Å². The maximum Gasteiger partial charge on any atom is 0.244 e. The fourth-order valence-corrected chi connectivity index (χ4v) is 4.94. The lowest BCUT2D eigenvalue weighted by Gasteiger charge is -2.43. The smallest absolute Gasteiger partial charge is 0.244 e. The van der Waals surface area contributed by atoms with Gasteiger partial charge in [-0.25, -0.2) is 0 Å². The van der Waals surface area contributed by atoms with Crippen LogP contribution in [0.15, 0.2) is 18.5 Å². The lowest BCUT2D eigenvalue weighted by Crippen LogP contribution is -2.48. The van der Waals surface area contributed by atoms with Crippen molar-refractivity contribution in [2.75, 3.05) is 39.9 Å². The van der Waals surface area contributed by atoms with Crippen LogP contribution in [-0.4, -0.2) is 71.4 Å². The molecular formula is C19H30N4O2. The molecule has 4 rings (SSSR count). The zero-order chi connectivity index (χ0) is 17.3. The zero-order valence-electron chi connectivity index (χ0n) is 15.3. The topological polar surface area (TPSA) is 50.6 Å². The molecule has 138 valence electrons. The Labute approximate surface area is 150 Å². The fourth-order valence-electron chi connectivity index (χ4n) is 4.94. The second kappa shape index (κ2) is 7.08. The van der Waals surface area contributed by atoms with Crippen LogP contribution in [0.5, 0.6) is 0 Å². The van der Waals surface area contributed by atoms with Gasteiger partial charge in [0, 0.05) is 57.6 Å². The molecule has 3 aliphatic rings. The molecule has 1 aliphatic carbocycles. The van der Waals surface area contributed by atoms with Crippen molar-refractivity contribution >= 4 is 5.91 Å². The van der Waals surface area contributed by atoms with Crippen LogP contribution in [0.3, 0.4) is 0 Å². The summed E-state index contributed by atoms with van der Waals surface area (Å²) in [6.07, 6.45) is 9.91. The highest BCUT2D eigenvalue weighted by atomic mass is 16.5. The molecule has 2 aliphatic heterocycles. The average Bonchev–Trinajstić information content (AvgIpc) is 3.16. The van der Waals surface area contributed by atoms with Gasteiger partial charge in [0.15, 0.2) is 0 Å². The Morgan fingerprint density at radius 3 is 2.72 bits per heavy atom. The third kappa shape index (κ3) is 3.34. The van der Waals surface area contributed by atoms with Crippen molar-refractivity contribution < 1.29 is 9.53 Å². The summed E-state index contributed by atoms with van der Waals surface area (Å²) < 4.78 is 7.28. The Balaban J connectivity index is 1.37. The summed E-state index contributed by atoms with van der Waals surface area (Å²) in [7, 11) is 1.82. The van der Waals surface area contributed by atoms with E-state index in [0.29, 0.717) is 17.9 Å². The molecule has 0 N–H and O–H groups in total. The SMILES string of the molecule is COCC1CN(C2CCC2)CC12CCN(C(=O)Cn1cccn1)CC2. The minimum Gasteiger partial charge on any atom is -0.384 e. The highest BCUT2D eigenvalue weighted by molar-refractivity contribution is 5.76. The first-order valence-electron chi connectivity index (χ1n) is 9.68. The number of piperidine rings is 1. The van der Waals surface area contributed by atoms with Crippen LogP contribution in [0, 0.1) is 11.3 Å². The predicted molar refractivity (Wildman–Crippen MR) is 95.1 cm³/mol. The standard InChI is InChI=1S/C19H30N4O2/c1-25-14-16-12-22(17-4-2-5-17)15-19(16)6-10-21(11-7-19)18(24)13-23-9-3-8-20-23/h3,8-9,16-17H,2,4-7,10-15H2,1H3. The van der Waals surface area contributed by atoms with E-state index in [4.69, 9.17) is 4.74 Å². The van der Waals surface area contributed by atoms with Gasteiger partial charge in [-0.2, -0.15) is 5.10 Å². The molecule has 1 atom stereocenters. The van der Waals surface area contributed by atoms with Crippen LogP contribution in [0.2, 0.25) is 0 Å². The van der Waals surface area contributed by atoms with Crippen molar-refractivity contribution in [1.29, 1.82) is 0 Å². The summed E-state index contributed by atoms with van der Waals surface area (Å²) in [5, 5.41) is 4.15. The van der Waals surface area contributed by atoms with Gasteiger partial charge in [-0.15, -0.1) is 0 Å². The van der Waals surface area contributed by atoms with Crippen LogP contribution < -0.4 is 0 Å². The number of carbonyl (C=O) groups is 1. The molecule has 3 fully saturated rings. The highest BCUT2D eigenvalue weighted by Gasteiger charge is 2.50. The maximum atomic E-state index is 12.5. The van der Waals surface area contributed by atoms with Crippen molar-refractivity contribution in [3.05, 3.63) is 18.5 Å². The minimum absolute atomic E-state index is 0.190. The molecule has 1 spiro atoms. The van der Waals surface area contributed by atoms with Gasteiger partial charge in [-0.3, -0.25) is 14.4 Å². The zero-order valence-corrected chi connectivity index (χ0v) is 15.3. The van der Waals surface area contributed by atoms with Crippen LogP contribution in [0.1, 0.15) is 32.1 Å². The Hall–Kier alpha value is -1.40. The Morgan fingerprint density at radius 1 is 1.32 bits per heavy atom. The predicted octanol–water partition coefficient (Wildman–Crippen LogP) is 1.62. The molecule has 0 aromatic carbocycles. The van der Waals surface area contributed by atoms with Crippen molar-refractivity contribution in [3.8, 4) is 0 Å². The van der Waals surface area contributed by atoms with Gasteiger partial charge in [0.1, 0.15) is 6.54 Å². The third-order valence-corrected chi connectivity index (χ3v) is 6.77. The van der Waals surface area contributed by atoms with E-state index in [1.807, 2.05) is 24.3 Å². The second-order valence-electron chi connectivity index (χ2n) is 8.11. The number of amides is 1. The fraction of sp³-hybridized carbons (Fsp3) is 0.789. The molecule has 6 nitrogen and oxygen atoms in total. The number of methoxy groups -OCH3 is 1. The molecule has 1 amide bonds. The summed E-state index contributed by atoms with van der Waals surface area (Å²) in [4.78, 5) is 17.3. The van der Waals surface area contributed by atoms with Gasteiger partial charge in [-0.1, -0.05) is 6.42 Å². The van der Waals surface area contributed by atoms with Gasteiger partial charge in [0.25, 0.3) is 0 Å². The molecule has 1 saturated carbocycles. The normalized spacial score (nSPS) is 26.9.